The zero-order valence-corrected chi connectivity index (χ0v) is 9.69. The van der Waals surface area contributed by atoms with Gasteiger partial charge >= 0.3 is 0 Å². The molecule has 0 saturated heterocycles. The van der Waals surface area contributed by atoms with Crippen LogP contribution in [0.25, 0.3) is 0 Å². The molecule has 0 heteroatoms. The van der Waals surface area contributed by atoms with Gasteiger partial charge < -0.3 is 0 Å². The number of rotatable bonds is 6. The number of allylic oxidation sites excluding steroid dienone is 1. The van der Waals surface area contributed by atoms with Gasteiger partial charge in [-0.15, -0.1) is 5.73 Å². The highest BCUT2D eigenvalue weighted by Gasteiger charge is 2.03. The smallest absolute Gasteiger partial charge is 0.0184 e. The summed E-state index contributed by atoms with van der Waals surface area (Å²) >= 11 is 0. The van der Waals surface area contributed by atoms with Crippen LogP contribution in [0, 0.1) is 11.8 Å². The Morgan fingerprint density at radius 2 is 1.92 bits per heavy atom. The Kier molecular flexibility index (Phi) is 6.72. The fourth-order valence-corrected chi connectivity index (χ4v) is 1.43. The van der Waals surface area contributed by atoms with Crippen molar-refractivity contribution >= 4 is 0 Å². The van der Waals surface area contributed by atoms with E-state index in [0.717, 1.165) is 5.92 Å². The molecule has 0 aromatic rings. The summed E-state index contributed by atoms with van der Waals surface area (Å²) in [7, 11) is 0. The van der Waals surface area contributed by atoms with Gasteiger partial charge in [0.2, 0.25) is 0 Å². The first-order valence-electron chi connectivity index (χ1n) is 5.50. The van der Waals surface area contributed by atoms with Crippen LogP contribution in [0.5, 0.6) is 0 Å². The Balaban J connectivity index is 3.69. The van der Waals surface area contributed by atoms with Gasteiger partial charge in [-0.05, 0) is 30.3 Å². The molecule has 0 nitrogen and oxygen atoms in total. The van der Waals surface area contributed by atoms with Gasteiger partial charge in [-0.3, -0.25) is 0 Å². The minimum atomic E-state index is 0.620. The zero-order valence-electron chi connectivity index (χ0n) is 9.69. The second-order valence-corrected chi connectivity index (χ2v) is 4.26. The van der Waals surface area contributed by atoms with Gasteiger partial charge in [-0.2, -0.15) is 0 Å². The fourth-order valence-electron chi connectivity index (χ4n) is 1.43. The van der Waals surface area contributed by atoms with E-state index in [9.17, 15) is 0 Å². The van der Waals surface area contributed by atoms with Gasteiger partial charge in [0, 0.05) is 0 Å². The predicted molar refractivity (Wildman–Crippen MR) is 60.8 cm³/mol. The Morgan fingerprint density at radius 3 is 2.31 bits per heavy atom. The van der Waals surface area contributed by atoms with E-state index >= 15 is 0 Å². The van der Waals surface area contributed by atoms with Crippen molar-refractivity contribution in [1.29, 1.82) is 0 Å². The van der Waals surface area contributed by atoms with Crippen molar-refractivity contribution < 1.29 is 0 Å². The summed E-state index contributed by atoms with van der Waals surface area (Å²) < 4.78 is 0. The van der Waals surface area contributed by atoms with Crippen molar-refractivity contribution in [3.05, 3.63) is 17.9 Å². The molecular formula is C13H24. The average Bonchev–Trinajstić information content (AvgIpc) is 2.11. The van der Waals surface area contributed by atoms with Crippen molar-refractivity contribution in [2.24, 2.45) is 11.8 Å². The van der Waals surface area contributed by atoms with E-state index in [1.165, 1.54) is 31.3 Å². The maximum absolute atomic E-state index is 3.74. The van der Waals surface area contributed by atoms with Crippen molar-refractivity contribution in [3.8, 4) is 0 Å². The molecule has 0 rings (SSSR count). The van der Waals surface area contributed by atoms with Crippen LogP contribution in [0.2, 0.25) is 0 Å². The lowest BCUT2D eigenvalue weighted by Gasteiger charge is -2.11. The first-order valence-corrected chi connectivity index (χ1v) is 5.50. The monoisotopic (exact) mass is 180 g/mol. The quantitative estimate of drug-likeness (QED) is 0.525. The van der Waals surface area contributed by atoms with Crippen molar-refractivity contribution in [1.82, 2.24) is 0 Å². The van der Waals surface area contributed by atoms with E-state index in [1.807, 2.05) is 0 Å². The summed E-state index contributed by atoms with van der Waals surface area (Å²) in [6.45, 7) is 12.8. The molecule has 0 bridgehead atoms. The lowest BCUT2D eigenvalue weighted by atomic mass is 9.95. The van der Waals surface area contributed by atoms with E-state index < -0.39 is 0 Å². The Morgan fingerprint density at radius 1 is 1.31 bits per heavy atom. The average molecular weight is 180 g/mol. The van der Waals surface area contributed by atoms with Crippen LogP contribution in [0.1, 0.15) is 53.4 Å². The summed E-state index contributed by atoms with van der Waals surface area (Å²) in [5.41, 5.74) is 4.45. The molecule has 0 aliphatic rings. The predicted octanol–water partition coefficient (Wildman–Crippen LogP) is 4.57. The second-order valence-electron chi connectivity index (χ2n) is 4.26. The van der Waals surface area contributed by atoms with E-state index in [4.69, 9.17) is 0 Å². The van der Waals surface area contributed by atoms with Gasteiger partial charge in [-0.25, -0.2) is 0 Å². The highest BCUT2D eigenvalue weighted by molar-refractivity contribution is 5.01. The van der Waals surface area contributed by atoms with Crippen LogP contribution in [0.4, 0.5) is 0 Å². The lowest BCUT2D eigenvalue weighted by molar-refractivity contribution is 0.489. The third kappa shape index (κ3) is 5.71. The molecule has 0 aromatic carbocycles. The Bertz CT molecular complexity index is 170. The van der Waals surface area contributed by atoms with Crippen LogP contribution in [-0.4, -0.2) is 0 Å². The fraction of sp³-hybridized carbons (Fsp3) is 0.769. The van der Waals surface area contributed by atoms with Crippen LogP contribution < -0.4 is 0 Å². The Hall–Kier alpha value is -0.480. The van der Waals surface area contributed by atoms with Crippen molar-refractivity contribution in [3.63, 3.8) is 0 Å². The molecule has 0 fully saturated rings. The normalized spacial score (nSPS) is 12.7. The van der Waals surface area contributed by atoms with Crippen molar-refractivity contribution in [2.75, 3.05) is 0 Å². The lowest BCUT2D eigenvalue weighted by Crippen LogP contribution is -1.96. The molecule has 0 aliphatic heterocycles. The third-order valence-corrected chi connectivity index (χ3v) is 2.76. The molecule has 1 atom stereocenters. The molecule has 0 heterocycles. The number of hydrogen-bond acceptors (Lipinski definition) is 0. The summed E-state index contributed by atoms with van der Waals surface area (Å²) in [5, 5.41) is 0. The zero-order chi connectivity index (χ0) is 10.3. The number of hydrogen-bond donors (Lipinski definition) is 0. The third-order valence-electron chi connectivity index (χ3n) is 2.76. The van der Waals surface area contributed by atoms with E-state index in [1.54, 1.807) is 0 Å². The van der Waals surface area contributed by atoms with Gasteiger partial charge in [0.15, 0.2) is 0 Å². The molecule has 13 heavy (non-hydrogen) atoms. The van der Waals surface area contributed by atoms with Crippen molar-refractivity contribution in [2.45, 2.75) is 53.4 Å². The maximum Gasteiger partial charge on any atom is -0.0184 e. The molecular weight excluding hydrogens is 156 g/mol. The van der Waals surface area contributed by atoms with E-state index in [-0.39, 0.29) is 0 Å². The molecule has 0 radical (unpaired) electrons. The van der Waals surface area contributed by atoms with Gasteiger partial charge in [0.25, 0.3) is 0 Å². The van der Waals surface area contributed by atoms with Crippen LogP contribution in [0.15, 0.2) is 17.9 Å². The first-order chi connectivity index (χ1) is 6.11. The second kappa shape index (κ2) is 6.97. The van der Waals surface area contributed by atoms with E-state index in [0.29, 0.717) is 5.92 Å². The highest BCUT2D eigenvalue weighted by Crippen LogP contribution is 2.18. The van der Waals surface area contributed by atoms with Gasteiger partial charge in [-0.1, -0.05) is 47.1 Å². The minimum absolute atomic E-state index is 0.620. The molecule has 0 aliphatic carbocycles. The summed E-state index contributed by atoms with van der Waals surface area (Å²) in [5.74, 6) is 1.49. The molecule has 0 amide bonds. The SMILES string of the molecule is C=C=C(CCCC(C)CC)C(C)C. The standard InChI is InChI=1S/C13H24/c1-6-12(5)9-8-10-13(7-2)11(3)4/h11-12H,2,6,8-10H2,1,3-5H3. The molecule has 76 valence electrons. The Labute approximate surface area is 83.7 Å². The summed E-state index contributed by atoms with van der Waals surface area (Å²) in [6.07, 6.45) is 5.12. The van der Waals surface area contributed by atoms with Crippen LogP contribution in [0.3, 0.4) is 0 Å². The van der Waals surface area contributed by atoms with Gasteiger partial charge in [0.1, 0.15) is 0 Å². The highest BCUT2D eigenvalue weighted by atomic mass is 14.1. The van der Waals surface area contributed by atoms with Crippen LogP contribution in [-0.2, 0) is 0 Å². The molecule has 0 aromatic heterocycles. The van der Waals surface area contributed by atoms with E-state index in [2.05, 4.69) is 40.0 Å². The summed E-state index contributed by atoms with van der Waals surface area (Å²) in [4.78, 5) is 0. The topological polar surface area (TPSA) is 0 Å². The molecule has 0 spiro atoms. The van der Waals surface area contributed by atoms with Gasteiger partial charge in [0.05, 0.1) is 0 Å². The minimum Gasteiger partial charge on any atom is -0.129 e. The molecule has 0 saturated carbocycles. The molecule has 1 unspecified atom stereocenters. The maximum atomic E-state index is 3.74. The van der Waals surface area contributed by atoms with Crippen LogP contribution >= 0.6 is 0 Å². The summed E-state index contributed by atoms with van der Waals surface area (Å²) in [6, 6.07) is 0. The first kappa shape index (κ1) is 12.5. The largest absolute Gasteiger partial charge is 0.129 e. The molecule has 0 N–H and O–H groups in total.